The van der Waals surface area contributed by atoms with Gasteiger partial charge >= 0.3 is 5.97 Å². The molecule has 3 N–H and O–H groups in total. The highest BCUT2D eigenvalue weighted by molar-refractivity contribution is 6.01. The van der Waals surface area contributed by atoms with E-state index in [1.165, 1.54) is 0 Å². The molecule has 114 valence electrons. The van der Waals surface area contributed by atoms with Crippen LogP contribution in [-0.4, -0.2) is 54.6 Å². The first-order valence-corrected chi connectivity index (χ1v) is 6.82. The van der Waals surface area contributed by atoms with Crippen molar-refractivity contribution < 1.29 is 19.1 Å². The smallest absolute Gasteiger partial charge is 0.337 e. The van der Waals surface area contributed by atoms with Crippen LogP contribution in [0.5, 0.6) is 0 Å². The van der Waals surface area contributed by atoms with Crippen molar-refractivity contribution in [3.63, 3.8) is 0 Å². The van der Waals surface area contributed by atoms with Gasteiger partial charge in [-0.25, -0.2) is 9.18 Å². The molecule has 0 spiro atoms. The number of halogens is 1. The molecule has 0 unspecified atom stereocenters. The normalized spacial score (nSPS) is 16.2. The number of nitrogens with one attached hydrogen (secondary N) is 2. The minimum Gasteiger partial charge on any atom is -0.478 e. The van der Waals surface area contributed by atoms with Gasteiger partial charge in [0.15, 0.2) is 0 Å². The van der Waals surface area contributed by atoms with Crippen LogP contribution in [0.4, 0.5) is 10.1 Å². The number of rotatable bonds is 4. The fraction of sp³-hybridized carbons (Fsp3) is 0.429. The Morgan fingerprint density at radius 3 is 2.90 bits per heavy atom. The van der Waals surface area contributed by atoms with E-state index in [0.717, 1.165) is 50.8 Å². The summed E-state index contributed by atoms with van der Waals surface area (Å²) >= 11 is 0. The predicted molar refractivity (Wildman–Crippen MR) is 75.9 cm³/mol. The molecule has 1 aliphatic heterocycles. The quantitative estimate of drug-likeness (QED) is 0.764. The van der Waals surface area contributed by atoms with Gasteiger partial charge in [-0.05, 0) is 37.7 Å². The van der Waals surface area contributed by atoms with E-state index >= 15 is 0 Å². The van der Waals surface area contributed by atoms with Gasteiger partial charge in [0.25, 0.3) is 0 Å². The van der Waals surface area contributed by atoms with Crippen LogP contribution in [0.1, 0.15) is 16.8 Å². The number of carboxylic acids is 1. The van der Waals surface area contributed by atoms with E-state index in [-0.39, 0.29) is 23.7 Å². The highest BCUT2D eigenvalue weighted by Gasteiger charge is 2.16. The molecule has 1 aromatic rings. The number of carbonyl (C=O) groups excluding carboxylic acids is 1. The molecule has 1 heterocycles. The predicted octanol–water partition coefficient (Wildman–Crippen LogP) is 0.758. The van der Waals surface area contributed by atoms with Crippen LogP contribution in [0.2, 0.25) is 0 Å². The Labute approximate surface area is 121 Å². The van der Waals surface area contributed by atoms with Crippen molar-refractivity contribution in [2.45, 2.75) is 6.42 Å². The maximum Gasteiger partial charge on any atom is 0.337 e. The SMILES string of the molecule is O=C(CN1CCCNCC1)Nc1cc(F)ccc1C(=O)O. The number of amides is 1. The van der Waals surface area contributed by atoms with E-state index < -0.39 is 11.8 Å². The van der Waals surface area contributed by atoms with Crippen molar-refractivity contribution in [3.05, 3.63) is 29.6 Å². The van der Waals surface area contributed by atoms with E-state index in [2.05, 4.69) is 10.6 Å². The zero-order chi connectivity index (χ0) is 15.2. The van der Waals surface area contributed by atoms with E-state index in [1.54, 1.807) is 0 Å². The summed E-state index contributed by atoms with van der Waals surface area (Å²) in [5.74, 6) is -2.14. The van der Waals surface area contributed by atoms with Crippen LogP contribution in [0, 0.1) is 5.82 Å². The van der Waals surface area contributed by atoms with Crippen LogP contribution >= 0.6 is 0 Å². The second kappa shape index (κ2) is 7.14. The first-order chi connectivity index (χ1) is 10.1. The molecule has 2 rings (SSSR count). The number of carboxylic acid groups (broad SMARTS) is 1. The average Bonchev–Trinajstić information content (AvgIpc) is 2.66. The first-order valence-electron chi connectivity index (χ1n) is 6.82. The van der Waals surface area contributed by atoms with Gasteiger partial charge in [-0.1, -0.05) is 0 Å². The number of nitrogens with zero attached hydrogens (tertiary/aromatic N) is 1. The lowest BCUT2D eigenvalue weighted by Crippen LogP contribution is -2.35. The molecule has 21 heavy (non-hydrogen) atoms. The monoisotopic (exact) mass is 295 g/mol. The van der Waals surface area contributed by atoms with Crippen molar-refractivity contribution in [1.82, 2.24) is 10.2 Å². The molecule has 1 saturated heterocycles. The van der Waals surface area contributed by atoms with Crippen molar-refractivity contribution in [2.24, 2.45) is 0 Å². The molecular weight excluding hydrogens is 277 g/mol. The number of aromatic carboxylic acids is 1. The summed E-state index contributed by atoms with van der Waals surface area (Å²) in [4.78, 5) is 25.0. The van der Waals surface area contributed by atoms with Crippen LogP contribution < -0.4 is 10.6 Å². The number of hydrogen-bond donors (Lipinski definition) is 3. The molecule has 1 aliphatic rings. The van der Waals surface area contributed by atoms with Gasteiger partial charge in [-0.3, -0.25) is 9.69 Å². The molecule has 0 aliphatic carbocycles. The van der Waals surface area contributed by atoms with Gasteiger partial charge < -0.3 is 15.7 Å². The minimum absolute atomic E-state index is 0.0135. The molecule has 0 saturated carbocycles. The van der Waals surface area contributed by atoms with E-state index in [9.17, 15) is 14.0 Å². The standard InChI is InChI=1S/C14H18FN3O3/c15-10-2-3-11(14(20)21)12(8-10)17-13(19)9-18-6-1-4-16-5-7-18/h2-3,8,16H,1,4-7,9H2,(H,17,19)(H,20,21). The number of anilines is 1. The first kappa shape index (κ1) is 15.4. The molecule has 1 fully saturated rings. The Bertz CT molecular complexity index is 528. The third-order valence-electron chi connectivity index (χ3n) is 3.29. The lowest BCUT2D eigenvalue weighted by Gasteiger charge is -2.19. The second-order valence-corrected chi connectivity index (χ2v) is 4.92. The van der Waals surface area contributed by atoms with Crippen LogP contribution in [0.3, 0.4) is 0 Å². The van der Waals surface area contributed by atoms with Crippen LogP contribution in [0.15, 0.2) is 18.2 Å². The summed E-state index contributed by atoms with van der Waals surface area (Å²) in [6.45, 7) is 3.45. The number of benzene rings is 1. The average molecular weight is 295 g/mol. The molecule has 7 heteroatoms. The van der Waals surface area contributed by atoms with Crippen molar-refractivity contribution in [3.8, 4) is 0 Å². The molecule has 0 atom stereocenters. The molecule has 1 aromatic carbocycles. The summed E-state index contributed by atoms with van der Waals surface area (Å²) in [7, 11) is 0. The zero-order valence-electron chi connectivity index (χ0n) is 11.6. The van der Waals surface area contributed by atoms with Gasteiger partial charge in [0.2, 0.25) is 5.91 Å². The minimum atomic E-state index is -1.20. The van der Waals surface area contributed by atoms with Gasteiger partial charge in [0.05, 0.1) is 17.8 Å². The van der Waals surface area contributed by atoms with Crippen molar-refractivity contribution in [1.29, 1.82) is 0 Å². The Morgan fingerprint density at radius 2 is 2.14 bits per heavy atom. The summed E-state index contributed by atoms with van der Waals surface area (Å²) < 4.78 is 13.2. The summed E-state index contributed by atoms with van der Waals surface area (Å²) in [6, 6.07) is 3.22. The lowest BCUT2D eigenvalue weighted by atomic mass is 10.1. The lowest BCUT2D eigenvalue weighted by molar-refractivity contribution is -0.117. The van der Waals surface area contributed by atoms with Gasteiger partial charge in [-0.15, -0.1) is 0 Å². The Balaban J connectivity index is 2.01. The van der Waals surface area contributed by atoms with Gasteiger partial charge in [0.1, 0.15) is 5.82 Å². The maximum atomic E-state index is 13.2. The highest BCUT2D eigenvalue weighted by Crippen LogP contribution is 2.17. The van der Waals surface area contributed by atoms with Crippen LogP contribution in [0.25, 0.3) is 0 Å². The Kier molecular flexibility index (Phi) is 5.24. The molecule has 1 amide bonds. The fourth-order valence-corrected chi connectivity index (χ4v) is 2.26. The van der Waals surface area contributed by atoms with Gasteiger partial charge in [0, 0.05) is 13.1 Å². The van der Waals surface area contributed by atoms with E-state index in [0.29, 0.717) is 0 Å². The third-order valence-corrected chi connectivity index (χ3v) is 3.29. The third kappa shape index (κ3) is 4.51. The van der Waals surface area contributed by atoms with Crippen molar-refractivity contribution >= 4 is 17.6 Å². The number of hydrogen-bond acceptors (Lipinski definition) is 4. The summed E-state index contributed by atoms with van der Waals surface area (Å²) in [5.41, 5.74) is -0.136. The highest BCUT2D eigenvalue weighted by atomic mass is 19.1. The second-order valence-electron chi connectivity index (χ2n) is 4.92. The number of carbonyl (C=O) groups is 2. The molecule has 0 aromatic heterocycles. The Hall–Kier alpha value is -1.99. The summed E-state index contributed by atoms with van der Waals surface area (Å²) in [6.07, 6.45) is 0.952. The Morgan fingerprint density at radius 1 is 1.33 bits per heavy atom. The summed E-state index contributed by atoms with van der Waals surface area (Å²) in [5, 5.41) is 14.7. The molecule has 6 nitrogen and oxygen atoms in total. The largest absolute Gasteiger partial charge is 0.478 e. The molecule has 0 radical (unpaired) electrons. The van der Waals surface area contributed by atoms with Crippen molar-refractivity contribution in [2.75, 3.05) is 38.0 Å². The van der Waals surface area contributed by atoms with E-state index in [1.807, 2.05) is 4.90 Å². The molecular formula is C14H18FN3O3. The molecule has 0 bridgehead atoms. The van der Waals surface area contributed by atoms with Crippen LogP contribution in [-0.2, 0) is 4.79 Å². The maximum absolute atomic E-state index is 13.2. The topological polar surface area (TPSA) is 81.7 Å². The fourth-order valence-electron chi connectivity index (χ4n) is 2.26. The van der Waals surface area contributed by atoms with Gasteiger partial charge in [-0.2, -0.15) is 0 Å². The van der Waals surface area contributed by atoms with E-state index in [4.69, 9.17) is 5.11 Å². The zero-order valence-corrected chi connectivity index (χ0v) is 11.6.